The molecular formula is C25H30N4O3S. The number of amides is 4. The van der Waals surface area contributed by atoms with E-state index >= 15 is 0 Å². The summed E-state index contributed by atoms with van der Waals surface area (Å²) in [6.07, 6.45) is 9.63. The van der Waals surface area contributed by atoms with E-state index in [2.05, 4.69) is 10.3 Å². The molecule has 1 unspecified atom stereocenters. The van der Waals surface area contributed by atoms with Crippen LogP contribution in [0.3, 0.4) is 0 Å². The molecule has 8 heteroatoms. The summed E-state index contributed by atoms with van der Waals surface area (Å²) in [5.41, 5.74) is -0.397. The summed E-state index contributed by atoms with van der Waals surface area (Å²) in [5, 5.41) is 5.08. The molecule has 4 heterocycles. The summed E-state index contributed by atoms with van der Waals surface area (Å²) in [4.78, 5) is 48.5. The van der Waals surface area contributed by atoms with Gasteiger partial charge in [0.15, 0.2) is 5.54 Å². The highest BCUT2D eigenvalue weighted by molar-refractivity contribution is 7.09. The topological polar surface area (TPSA) is 82.6 Å². The van der Waals surface area contributed by atoms with E-state index in [0.717, 1.165) is 36.1 Å². The van der Waals surface area contributed by atoms with Crippen molar-refractivity contribution in [2.24, 2.45) is 11.8 Å². The number of piperidine rings is 1. The van der Waals surface area contributed by atoms with Crippen LogP contribution in [0.2, 0.25) is 0 Å². The predicted molar refractivity (Wildman–Crippen MR) is 125 cm³/mol. The number of imide groups is 1. The van der Waals surface area contributed by atoms with Crippen molar-refractivity contribution in [2.45, 2.75) is 50.5 Å². The number of hydrogen-bond donors (Lipinski definition) is 1. The summed E-state index contributed by atoms with van der Waals surface area (Å²) >= 11 is 1.63. The van der Waals surface area contributed by atoms with Crippen LogP contribution < -0.4 is 5.32 Å². The summed E-state index contributed by atoms with van der Waals surface area (Å²) in [6, 6.07) is 7.35. The SMILES string of the molecule is O=C(C1CCCC1)N1CCC(C2(c3cccnc3)NC(=O)N(CCc3cccs3)C2=O)CC1. The molecule has 174 valence electrons. The number of aromatic nitrogens is 1. The molecule has 2 saturated heterocycles. The smallest absolute Gasteiger partial charge is 0.325 e. The molecule has 5 rings (SSSR count). The molecular weight excluding hydrogens is 436 g/mol. The summed E-state index contributed by atoms with van der Waals surface area (Å²) in [6.45, 7) is 1.60. The van der Waals surface area contributed by atoms with Gasteiger partial charge in [-0.1, -0.05) is 25.0 Å². The molecule has 2 aliphatic heterocycles. The van der Waals surface area contributed by atoms with Gasteiger partial charge in [-0.2, -0.15) is 0 Å². The minimum absolute atomic E-state index is 0.0856. The van der Waals surface area contributed by atoms with Crippen LogP contribution in [0.4, 0.5) is 4.79 Å². The number of hydrogen-bond acceptors (Lipinski definition) is 5. The molecule has 1 atom stereocenters. The van der Waals surface area contributed by atoms with Gasteiger partial charge in [0.1, 0.15) is 0 Å². The second-order valence-corrected chi connectivity index (χ2v) is 10.4. The van der Waals surface area contributed by atoms with E-state index < -0.39 is 5.54 Å². The first-order chi connectivity index (χ1) is 16.1. The minimum Gasteiger partial charge on any atom is -0.342 e. The van der Waals surface area contributed by atoms with Crippen LogP contribution in [0.15, 0.2) is 42.0 Å². The first kappa shape index (κ1) is 22.1. The van der Waals surface area contributed by atoms with E-state index in [1.54, 1.807) is 23.7 Å². The van der Waals surface area contributed by atoms with Gasteiger partial charge < -0.3 is 10.2 Å². The normalized spacial score (nSPS) is 24.5. The van der Waals surface area contributed by atoms with Gasteiger partial charge in [-0.05, 0) is 55.5 Å². The highest BCUT2D eigenvalue weighted by atomic mass is 32.1. The highest BCUT2D eigenvalue weighted by Gasteiger charge is 2.57. The van der Waals surface area contributed by atoms with Crippen LogP contribution in [-0.4, -0.2) is 52.3 Å². The molecule has 33 heavy (non-hydrogen) atoms. The van der Waals surface area contributed by atoms with E-state index in [4.69, 9.17) is 0 Å². The van der Waals surface area contributed by atoms with Gasteiger partial charge >= 0.3 is 6.03 Å². The van der Waals surface area contributed by atoms with E-state index in [1.165, 1.54) is 4.90 Å². The fourth-order valence-electron chi connectivity index (χ4n) is 5.74. The second kappa shape index (κ2) is 9.25. The monoisotopic (exact) mass is 466 g/mol. The number of nitrogens with one attached hydrogen (secondary N) is 1. The Balaban J connectivity index is 1.36. The summed E-state index contributed by atoms with van der Waals surface area (Å²) in [5.74, 6) is 0.144. The molecule has 0 spiro atoms. The third-order valence-electron chi connectivity index (χ3n) is 7.53. The Labute approximate surface area is 198 Å². The lowest BCUT2D eigenvalue weighted by Gasteiger charge is -2.41. The van der Waals surface area contributed by atoms with Gasteiger partial charge in [0.2, 0.25) is 5.91 Å². The Morgan fingerprint density at radius 2 is 1.91 bits per heavy atom. The van der Waals surface area contributed by atoms with Crippen LogP contribution in [0.1, 0.15) is 49.0 Å². The minimum atomic E-state index is -1.12. The maximum atomic E-state index is 13.9. The van der Waals surface area contributed by atoms with Crippen molar-refractivity contribution in [1.29, 1.82) is 0 Å². The van der Waals surface area contributed by atoms with E-state index in [-0.39, 0.29) is 29.7 Å². The standard InChI is InChI=1S/C25H30N4O3S/c30-22(18-5-1-2-6-18)28-13-9-19(10-14-28)25(20-7-3-12-26-17-20)23(31)29(24(32)27-25)15-11-21-8-4-16-33-21/h3-4,7-8,12,16-19H,1-2,5-6,9-11,13-15H2,(H,27,32). The predicted octanol–water partition coefficient (Wildman–Crippen LogP) is 3.56. The number of urea groups is 1. The molecule has 0 bridgehead atoms. The number of nitrogens with zero attached hydrogens (tertiary/aromatic N) is 3. The average molecular weight is 467 g/mol. The summed E-state index contributed by atoms with van der Waals surface area (Å²) < 4.78 is 0. The van der Waals surface area contributed by atoms with Gasteiger partial charge in [-0.15, -0.1) is 11.3 Å². The molecule has 4 amide bonds. The Morgan fingerprint density at radius 3 is 2.58 bits per heavy atom. The number of carbonyl (C=O) groups excluding carboxylic acids is 3. The van der Waals surface area contributed by atoms with Crippen LogP contribution in [0, 0.1) is 11.8 Å². The van der Waals surface area contributed by atoms with Crippen LogP contribution in [-0.2, 0) is 21.5 Å². The maximum Gasteiger partial charge on any atom is 0.325 e. The third-order valence-corrected chi connectivity index (χ3v) is 8.47. The lowest BCUT2D eigenvalue weighted by molar-refractivity contribution is -0.138. The van der Waals surface area contributed by atoms with E-state index in [0.29, 0.717) is 38.9 Å². The fraction of sp³-hybridized carbons (Fsp3) is 0.520. The molecule has 2 aromatic heterocycles. The molecule has 1 saturated carbocycles. The van der Waals surface area contributed by atoms with Gasteiger partial charge in [-0.25, -0.2) is 4.79 Å². The van der Waals surface area contributed by atoms with Crippen molar-refractivity contribution in [2.75, 3.05) is 19.6 Å². The zero-order chi connectivity index (χ0) is 22.8. The van der Waals surface area contributed by atoms with Gasteiger partial charge in [-0.3, -0.25) is 19.5 Å². The fourth-order valence-corrected chi connectivity index (χ4v) is 6.44. The Hall–Kier alpha value is -2.74. The van der Waals surface area contributed by atoms with Gasteiger partial charge in [0, 0.05) is 48.4 Å². The molecule has 1 aliphatic carbocycles. The lowest BCUT2D eigenvalue weighted by atomic mass is 9.73. The van der Waals surface area contributed by atoms with Gasteiger partial charge in [0.05, 0.1) is 0 Å². The van der Waals surface area contributed by atoms with Crippen molar-refractivity contribution in [1.82, 2.24) is 20.1 Å². The van der Waals surface area contributed by atoms with Crippen molar-refractivity contribution >= 4 is 29.2 Å². The first-order valence-electron chi connectivity index (χ1n) is 12.0. The zero-order valence-corrected chi connectivity index (χ0v) is 19.6. The maximum absolute atomic E-state index is 13.9. The lowest BCUT2D eigenvalue weighted by Crippen LogP contribution is -2.54. The van der Waals surface area contributed by atoms with Gasteiger partial charge in [0.25, 0.3) is 5.91 Å². The summed E-state index contributed by atoms with van der Waals surface area (Å²) in [7, 11) is 0. The molecule has 7 nitrogen and oxygen atoms in total. The molecule has 0 radical (unpaired) electrons. The number of carbonyl (C=O) groups is 3. The third kappa shape index (κ3) is 4.05. The van der Waals surface area contributed by atoms with Crippen molar-refractivity contribution in [3.63, 3.8) is 0 Å². The molecule has 2 aromatic rings. The average Bonchev–Trinajstić information content (AvgIpc) is 3.61. The van der Waals surface area contributed by atoms with Crippen LogP contribution >= 0.6 is 11.3 Å². The molecule has 0 aromatic carbocycles. The quantitative estimate of drug-likeness (QED) is 0.660. The molecule has 3 aliphatic rings. The number of likely N-dealkylation sites (tertiary alicyclic amines) is 1. The van der Waals surface area contributed by atoms with E-state index in [9.17, 15) is 14.4 Å². The number of rotatable bonds is 6. The first-order valence-corrected chi connectivity index (χ1v) is 12.8. The van der Waals surface area contributed by atoms with Crippen LogP contribution in [0.25, 0.3) is 0 Å². The molecule has 1 N–H and O–H groups in total. The Bertz CT molecular complexity index is 998. The van der Waals surface area contributed by atoms with Crippen molar-refractivity contribution in [3.8, 4) is 0 Å². The zero-order valence-electron chi connectivity index (χ0n) is 18.7. The Morgan fingerprint density at radius 1 is 1.12 bits per heavy atom. The van der Waals surface area contributed by atoms with Crippen molar-refractivity contribution < 1.29 is 14.4 Å². The van der Waals surface area contributed by atoms with Crippen LogP contribution in [0.5, 0.6) is 0 Å². The molecule has 3 fully saturated rings. The highest BCUT2D eigenvalue weighted by Crippen LogP contribution is 2.41. The number of pyridine rings is 1. The van der Waals surface area contributed by atoms with E-state index in [1.807, 2.05) is 34.5 Å². The number of thiophene rings is 1. The van der Waals surface area contributed by atoms with Crippen molar-refractivity contribution in [3.05, 3.63) is 52.5 Å². The second-order valence-electron chi connectivity index (χ2n) is 9.35. The Kier molecular flexibility index (Phi) is 6.19. The largest absolute Gasteiger partial charge is 0.342 e.